The molecule has 1 aliphatic rings. The number of ketones is 1. The molecular formula is C21H25ClN2O. The fourth-order valence-electron chi connectivity index (χ4n) is 3.33. The van der Waals surface area contributed by atoms with Gasteiger partial charge in [-0.05, 0) is 43.6 Å². The normalized spacial score (nSPS) is 16.0. The highest BCUT2D eigenvalue weighted by molar-refractivity contribution is 6.30. The zero-order valence-corrected chi connectivity index (χ0v) is 15.2. The molecule has 0 unspecified atom stereocenters. The molecule has 25 heavy (non-hydrogen) atoms. The van der Waals surface area contributed by atoms with Crippen LogP contribution in [0.5, 0.6) is 0 Å². The SMILES string of the molecule is O=C(c1ccccc1)C1CCN(CCNCc2ccc(Cl)cc2)CC1. The largest absolute Gasteiger partial charge is 0.311 e. The summed E-state index contributed by atoms with van der Waals surface area (Å²) in [4.78, 5) is 15.0. The van der Waals surface area contributed by atoms with Crippen molar-refractivity contribution in [2.24, 2.45) is 5.92 Å². The van der Waals surface area contributed by atoms with Crippen molar-refractivity contribution in [2.75, 3.05) is 26.2 Å². The minimum absolute atomic E-state index is 0.181. The molecule has 3 nitrogen and oxygen atoms in total. The van der Waals surface area contributed by atoms with E-state index in [1.807, 2.05) is 42.5 Å². The molecule has 0 spiro atoms. The van der Waals surface area contributed by atoms with Crippen LogP contribution in [-0.2, 0) is 6.54 Å². The van der Waals surface area contributed by atoms with Gasteiger partial charge in [0.15, 0.2) is 5.78 Å². The van der Waals surface area contributed by atoms with Crippen molar-refractivity contribution in [3.63, 3.8) is 0 Å². The third kappa shape index (κ3) is 5.40. The number of carbonyl (C=O) groups excluding carboxylic acids is 1. The maximum atomic E-state index is 12.5. The zero-order valence-electron chi connectivity index (χ0n) is 14.5. The first-order chi connectivity index (χ1) is 12.2. The van der Waals surface area contributed by atoms with E-state index in [2.05, 4.69) is 22.3 Å². The zero-order chi connectivity index (χ0) is 17.5. The average molecular weight is 357 g/mol. The molecule has 1 N–H and O–H groups in total. The number of nitrogens with zero attached hydrogens (tertiary/aromatic N) is 1. The first-order valence-corrected chi connectivity index (χ1v) is 9.37. The Bertz CT molecular complexity index is 664. The second kappa shape index (κ2) is 9.14. The Hall–Kier alpha value is -1.68. The lowest BCUT2D eigenvalue weighted by atomic mass is 9.89. The number of benzene rings is 2. The summed E-state index contributed by atoms with van der Waals surface area (Å²) in [5.74, 6) is 0.488. The highest BCUT2D eigenvalue weighted by Crippen LogP contribution is 2.21. The summed E-state index contributed by atoms with van der Waals surface area (Å²) in [6, 6.07) is 17.6. The summed E-state index contributed by atoms with van der Waals surface area (Å²) < 4.78 is 0. The second-order valence-corrected chi connectivity index (χ2v) is 7.09. The molecule has 0 atom stereocenters. The summed E-state index contributed by atoms with van der Waals surface area (Å²) in [6.07, 6.45) is 1.93. The van der Waals surface area contributed by atoms with E-state index in [1.54, 1.807) is 0 Å². The van der Waals surface area contributed by atoms with Gasteiger partial charge in [0, 0.05) is 36.1 Å². The van der Waals surface area contributed by atoms with Crippen LogP contribution in [0.4, 0.5) is 0 Å². The summed E-state index contributed by atoms with van der Waals surface area (Å²) in [6.45, 7) is 4.86. The van der Waals surface area contributed by atoms with Crippen molar-refractivity contribution in [3.8, 4) is 0 Å². The quantitative estimate of drug-likeness (QED) is 0.600. The standard InChI is InChI=1S/C21H25ClN2O/c22-20-8-6-17(7-9-20)16-23-12-15-24-13-10-19(11-14-24)21(25)18-4-2-1-3-5-18/h1-9,19,23H,10-16H2. The predicted octanol–water partition coefficient (Wildman–Crippen LogP) is 4.02. The highest BCUT2D eigenvalue weighted by atomic mass is 35.5. The van der Waals surface area contributed by atoms with Crippen LogP contribution in [0.2, 0.25) is 5.02 Å². The number of rotatable bonds is 7. The Balaban J connectivity index is 1.35. The van der Waals surface area contributed by atoms with Crippen LogP contribution in [-0.4, -0.2) is 36.9 Å². The maximum absolute atomic E-state index is 12.5. The second-order valence-electron chi connectivity index (χ2n) is 6.65. The number of hydrogen-bond donors (Lipinski definition) is 1. The molecule has 0 amide bonds. The smallest absolute Gasteiger partial charge is 0.166 e. The van der Waals surface area contributed by atoms with E-state index in [-0.39, 0.29) is 5.92 Å². The van der Waals surface area contributed by atoms with Gasteiger partial charge in [-0.1, -0.05) is 54.1 Å². The van der Waals surface area contributed by atoms with Crippen molar-refractivity contribution in [1.82, 2.24) is 10.2 Å². The minimum Gasteiger partial charge on any atom is -0.311 e. The number of likely N-dealkylation sites (tertiary alicyclic amines) is 1. The van der Waals surface area contributed by atoms with Crippen LogP contribution < -0.4 is 5.32 Å². The molecule has 2 aromatic carbocycles. The fraction of sp³-hybridized carbons (Fsp3) is 0.381. The van der Waals surface area contributed by atoms with Crippen molar-refractivity contribution in [1.29, 1.82) is 0 Å². The monoisotopic (exact) mass is 356 g/mol. The molecular weight excluding hydrogens is 332 g/mol. The van der Waals surface area contributed by atoms with Crippen LogP contribution in [0.25, 0.3) is 0 Å². The molecule has 0 bridgehead atoms. The molecule has 1 heterocycles. The minimum atomic E-state index is 0.181. The van der Waals surface area contributed by atoms with Gasteiger partial charge < -0.3 is 10.2 Å². The molecule has 4 heteroatoms. The van der Waals surface area contributed by atoms with Crippen LogP contribution in [0, 0.1) is 5.92 Å². The van der Waals surface area contributed by atoms with E-state index in [1.165, 1.54) is 5.56 Å². The summed E-state index contributed by atoms with van der Waals surface area (Å²) in [5.41, 5.74) is 2.10. The van der Waals surface area contributed by atoms with Crippen molar-refractivity contribution >= 4 is 17.4 Å². The number of hydrogen-bond acceptors (Lipinski definition) is 3. The van der Waals surface area contributed by atoms with Gasteiger partial charge in [0.05, 0.1) is 0 Å². The first-order valence-electron chi connectivity index (χ1n) is 8.99. The van der Waals surface area contributed by atoms with Crippen LogP contribution in [0.15, 0.2) is 54.6 Å². The Morgan fingerprint density at radius 3 is 2.40 bits per heavy atom. The van der Waals surface area contributed by atoms with Crippen LogP contribution in [0.3, 0.4) is 0 Å². The van der Waals surface area contributed by atoms with Crippen molar-refractivity contribution < 1.29 is 4.79 Å². The van der Waals surface area contributed by atoms with E-state index in [0.717, 1.165) is 56.2 Å². The molecule has 132 valence electrons. The Morgan fingerprint density at radius 2 is 1.72 bits per heavy atom. The Labute approximate surface area is 155 Å². The molecule has 2 aromatic rings. The third-order valence-electron chi connectivity index (χ3n) is 4.86. The van der Waals surface area contributed by atoms with Gasteiger partial charge in [-0.2, -0.15) is 0 Å². The molecule has 1 aliphatic heterocycles. The number of Topliss-reactive ketones (excluding diaryl/α,β-unsaturated/α-hetero) is 1. The van der Waals surface area contributed by atoms with Gasteiger partial charge in [-0.25, -0.2) is 0 Å². The number of piperidine rings is 1. The van der Waals surface area contributed by atoms with Gasteiger partial charge in [0.2, 0.25) is 0 Å². The third-order valence-corrected chi connectivity index (χ3v) is 5.12. The van der Waals surface area contributed by atoms with Gasteiger partial charge >= 0.3 is 0 Å². The molecule has 1 saturated heterocycles. The van der Waals surface area contributed by atoms with Crippen molar-refractivity contribution in [3.05, 3.63) is 70.7 Å². The highest BCUT2D eigenvalue weighted by Gasteiger charge is 2.25. The summed E-state index contributed by atoms with van der Waals surface area (Å²) in [7, 11) is 0. The topological polar surface area (TPSA) is 32.3 Å². The summed E-state index contributed by atoms with van der Waals surface area (Å²) in [5, 5.41) is 4.25. The van der Waals surface area contributed by atoms with E-state index < -0.39 is 0 Å². The van der Waals surface area contributed by atoms with Gasteiger partial charge in [0.25, 0.3) is 0 Å². The van der Waals surface area contributed by atoms with Crippen LogP contribution in [0.1, 0.15) is 28.8 Å². The number of carbonyl (C=O) groups is 1. The average Bonchev–Trinajstić information content (AvgIpc) is 2.67. The number of halogens is 1. The lowest BCUT2D eigenvalue weighted by molar-refractivity contribution is 0.0841. The molecule has 0 saturated carbocycles. The van der Waals surface area contributed by atoms with E-state index in [9.17, 15) is 4.79 Å². The predicted molar refractivity (Wildman–Crippen MR) is 103 cm³/mol. The van der Waals surface area contributed by atoms with E-state index in [0.29, 0.717) is 5.78 Å². The Kier molecular flexibility index (Phi) is 6.62. The molecule has 1 fully saturated rings. The maximum Gasteiger partial charge on any atom is 0.166 e. The van der Waals surface area contributed by atoms with E-state index in [4.69, 9.17) is 11.6 Å². The fourth-order valence-corrected chi connectivity index (χ4v) is 3.46. The lowest BCUT2D eigenvalue weighted by Gasteiger charge is -2.31. The lowest BCUT2D eigenvalue weighted by Crippen LogP contribution is -2.39. The van der Waals surface area contributed by atoms with Gasteiger partial charge in [0.1, 0.15) is 0 Å². The number of nitrogens with one attached hydrogen (secondary N) is 1. The molecule has 0 radical (unpaired) electrons. The molecule has 0 aromatic heterocycles. The molecule has 3 rings (SSSR count). The molecule has 0 aliphatic carbocycles. The van der Waals surface area contributed by atoms with Crippen molar-refractivity contribution in [2.45, 2.75) is 19.4 Å². The summed E-state index contributed by atoms with van der Waals surface area (Å²) >= 11 is 5.90. The van der Waals surface area contributed by atoms with Gasteiger partial charge in [-0.15, -0.1) is 0 Å². The van der Waals surface area contributed by atoms with Gasteiger partial charge in [-0.3, -0.25) is 4.79 Å². The first kappa shape index (κ1) is 18.1. The van der Waals surface area contributed by atoms with Crippen LogP contribution >= 0.6 is 11.6 Å². The van der Waals surface area contributed by atoms with E-state index >= 15 is 0 Å². The Morgan fingerprint density at radius 1 is 1.04 bits per heavy atom.